The first-order valence-corrected chi connectivity index (χ1v) is 12.3. The van der Waals surface area contributed by atoms with E-state index in [4.69, 9.17) is 0 Å². The molecular formula is C29H23FN4O3. The van der Waals surface area contributed by atoms with E-state index in [1.54, 1.807) is 0 Å². The Morgan fingerprint density at radius 2 is 1.73 bits per heavy atom. The number of carbonyl (C=O) groups excluding carboxylic acids is 3. The van der Waals surface area contributed by atoms with Crippen LogP contribution in [-0.2, 0) is 26.3 Å². The Balaban J connectivity index is 1.39. The Kier molecular flexibility index (Phi) is 4.51. The van der Waals surface area contributed by atoms with Crippen LogP contribution in [0.15, 0.2) is 72.9 Å². The van der Waals surface area contributed by atoms with Gasteiger partial charge in [-0.05, 0) is 54.8 Å². The summed E-state index contributed by atoms with van der Waals surface area (Å²) in [4.78, 5) is 46.1. The van der Waals surface area contributed by atoms with E-state index >= 15 is 0 Å². The van der Waals surface area contributed by atoms with Gasteiger partial charge in [-0.15, -0.1) is 0 Å². The van der Waals surface area contributed by atoms with Crippen molar-refractivity contribution in [1.29, 1.82) is 0 Å². The van der Waals surface area contributed by atoms with Crippen molar-refractivity contribution in [3.63, 3.8) is 0 Å². The molecule has 4 atom stereocenters. The molecule has 4 heterocycles. The fraction of sp³-hybridized carbons (Fsp3) is 0.207. The minimum Gasteiger partial charge on any atom is -0.361 e. The number of rotatable bonds is 3. The number of hydrogen-bond acceptors (Lipinski definition) is 4. The highest BCUT2D eigenvalue weighted by Crippen LogP contribution is 2.54. The highest BCUT2D eigenvalue weighted by atomic mass is 19.1. The van der Waals surface area contributed by atoms with Crippen molar-refractivity contribution in [2.24, 2.45) is 11.8 Å². The number of aryl methyl sites for hydroxylation is 1. The minimum atomic E-state index is -1.38. The smallest absolute Gasteiger partial charge is 0.250 e. The molecule has 2 fully saturated rings. The summed E-state index contributed by atoms with van der Waals surface area (Å²) < 4.78 is 13.6. The maximum atomic E-state index is 14.0. The average Bonchev–Trinajstić information content (AvgIpc) is 3.60. The first-order valence-electron chi connectivity index (χ1n) is 12.3. The van der Waals surface area contributed by atoms with Gasteiger partial charge in [-0.3, -0.25) is 19.7 Å². The van der Waals surface area contributed by atoms with E-state index in [1.807, 2.05) is 55.6 Å². The van der Waals surface area contributed by atoms with Crippen molar-refractivity contribution in [2.75, 3.05) is 10.2 Å². The van der Waals surface area contributed by atoms with Gasteiger partial charge >= 0.3 is 0 Å². The van der Waals surface area contributed by atoms with Gasteiger partial charge in [-0.25, -0.2) is 9.29 Å². The third-order valence-corrected chi connectivity index (χ3v) is 8.16. The average molecular weight is 495 g/mol. The highest BCUT2D eigenvalue weighted by Gasteiger charge is 2.70. The van der Waals surface area contributed by atoms with Gasteiger partial charge in [0, 0.05) is 34.4 Å². The van der Waals surface area contributed by atoms with E-state index in [0.29, 0.717) is 23.4 Å². The van der Waals surface area contributed by atoms with Gasteiger partial charge in [-0.1, -0.05) is 36.4 Å². The third kappa shape index (κ3) is 2.87. The lowest BCUT2D eigenvalue weighted by molar-refractivity contribution is -0.130. The summed E-state index contributed by atoms with van der Waals surface area (Å²) in [5.74, 6) is -3.36. The van der Waals surface area contributed by atoms with Crippen LogP contribution < -0.4 is 15.5 Å². The van der Waals surface area contributed by atoms with Crippen molar-refractivity contribution < 1.29 is 18.8 Å². The number of fused-ring (bicyclic) bond motifs is 5. The van der Waals surface area contributed by atoms with Crippen molar-refractivity contribution in [1.82, 2.24) is 10.3 Å². The molecule has 7 nitrogen and oxygen atoms in total. The fourth-order valence-electron chi connectivity index (χ4n) is 6.53. The number of carbonyl (C=O) groups is 3. The van der Waals surface area contributed by atoms with Gasteiger partial charge in [0.05, 0.1) is 17.5 Å². The summed E-state index contributed by atoms with van der Waals surface area (Å²) in [5.41, 5.74) is 3.12. The van der Waals surface area contributed by atoms with Gasteiger partial charge < -0.3 is 10.3 Å². The van der Waals surface area contributed by atoms with Crippen LogP contribution in [0.4, 0.5) is 15.8 Å². The number of halogens is 1. The highest BCUT2D eigenvalue weighted by molar-refractivity contribution is 6.26. The molecule has 4 aromatic rings. The molecule has 0 radical (unpaired) electrons. The minimum absolute atomic E-state index is 0.301. The lowest BCUT2D eigenvalue weighted by atomic mass is 9.76. The number of H-pyrrole nitrogens is 1. The fourth-order valence-corrected chi connectivity index (χ4v) is 6.53. The predicted molar refractivity (Wildman–Crippen MR) is 136 cm³/mol. The number of nitrogens with zero attached hydrogens (tertiary/aromatic N) is 1. The molecule has 0 bridgehead atoms. The number of aromatic nitrogens is 1. The molecule has 0 unspecified atom stereocenters. The molecule has 3 aliphatic rings. The Morgan fingerprint density at radius 1 is 0.946 bits per heavy atom. The second-order valence-electron chi connectivity index (χ2n) is 10.1. The molecule has 7 rings (SSSR count). The molecule has 37 heavy (non-hydrogen) atoms. The van der Waals surface area contributed by atoms with E-state index in [9.17, 15) is 18.8 Å². The van der Waals surface area contributed by atoms with Gasteiger partial charge in [-0.2, -0.15) is 0 Å². The molecule has 8 heteroatoms. The summed E-state index contributed by atoms with van der Waals surface area (Å²) in [5, 5.41) is 7.50. The Hall–Kier alpha value is -4.30. The molecule has 0 saturated carbocycles. The molecule has 3 aromatic carbocycles. The van der Waals surface area contributed by atoms with Crippen molar-refractivity contribution in [2.45, 2.75) is 24.9 Å². The van der Waals surface area contributed by atoms with Gasteiger partial charge in [0.2, 0.25) is 17.7 Å². The Morgan fingerprint density at radius 3 is 2.54 bits per heavy atom. The lowest BCUT2D eigenvalue weighted by Gasteiger charge is -2.29. The zero-order valence-corrected chi connectivity index (χ0v) is 19.9. The van der Waals surface area contributed by atoms with E-state index in [-0.39, 0.29) is 11.8 Å². The SMILES string of the molecule is Cc1cccc2c1NC(=O)[C@]21N[C@@H](Cc2c[nH]c3ccccc23)[C@H]2C(=O)N(c3ccc(F)cc3)C(=O)[C@H]21. The van der Waals surface area contributed by atoms with Crippen molar-refractivity contribution >= 4 is 40.0 Å². The molecule has 184 valence electrons. The number of anilines is 2. The lowest BCUT2D eigenvalue weighted by Crippen LogP contribution is -2.53. The topological polar surface area (TPSA) is 94.3 Å². The second-order valence-corrected chi connectivity index (χ2v) is 10.1. The summed E-state index contributed by atoms with van der Waals surface area (Å²) >= 11 is 0. The Bertz CT molecular complexity index is 1630. The first-order chi connectivity index (χ1) is 17.9. The largest absolute Gasteiger partial charge is 0.361 e. The van der Waals surface area contributed by atoms with Crippen LogP contribution in [0, 0.1) is 24.6 Å². The van der Waals surface area contributed by atoms with Crippen LogP contribution in [0.3, 0.4) is 0 Å². The Labute approximate surface area is 211 Å². The second kappa shape index (κ2) is 7.60. The van der Waals surface area contributed by atoms with Crippen LogP contribution in [0.25, 0.3) is 10.9 Å². The maximum Gasteiger partial charge on any atom is 0.250 e. The summed E-state index contributed by atoms with van der Waals surface area (Å²) in [6.45, 7) is 1.90. The molecule has 3 amide bonds. The zero-order valence-electron chi connectivity index (χ0n) is 19.9. The number of aromatic amines is 1. The number of hydrogen-bond donors (Lipinski definition) is 3. The van der Waals surface area contributed by atoms with E-state index < -0.39 is 35.1 Å². The van der Waals surface area contributed by atoms with Gasteiger partial charge in [0.1, 0.15) is 11.4 Å². The number of imide groups is 1. The van der Waals surface area contributed by atoms with Crippen LogP contribution in [-0.4, -0.2) is 28.7 Å². The molecule has 3 N–H and O–H groups in total. The maximum absolute atomic E-state index is 14.0. The van der Waals surface area contributed by atoms with E-state index in [0.717, 1.165) is 26.9 Å². The van der Waals surface area contributed by atoms with Crippen molar-refractivity contribution in [3.05, 3.63) is 95.4 Å². The molecule has 3 aliphatic heterocycles. The molecule has 2 saturated heterocycles. The molecule has 1 spiro atoms. The summed E-state index contributed by atoms with van der Waals surface area (Å²) in [6.07, 6.45) is 2.36. The molecule has 0 aliphatic carbocycles. The predicted octanol–water partition coefficient (Wildman–Crippen LogP) is 3.78. The van der Waals surface area contributed by atoms with Gasteiger partial charge in [0.25, 0.3) is 0 Å². The van der Waals surface area contributed by atoms with Crippen LogP contribution in [0.5, 0.6) is 0 Å². The van der Waals surface area contributed by atoms with Crippen LogP contribution in [0.1, 0.15) is 16.7 Å². The van der Waals surface area contributed by atoms with Crippen molar-refractivity contribution in [3.8, 4) is 0 Å². The summed E-state index contributed by atoms with van der Waals surface area (Å²) in [6, 6.07) is 18.3. The number of para-hydroxylation sites is 2. The standard InChI is InChI=1S/C29H23FN4O3/c1-15-5-4-7-20-25(15)32-28(37)29(20)24-23(26(35)34(27(24)36)18-11-9-17(30)10-12-18)22(33-29)13-16-14-31-21-8-3-2-6-19(16)21/h2-12,14,22-24,31,33H,13H2,1H3,(H,32,37)/t22-,23+,24-,29-/m0/s1. The quantitative estimate of drug-likeness (QED) is 0.378. The molecule has 1 aromatic heterocycles. The van der Waals surface area contributed by atoms with Gasteiger partial charge in [0.15, 0.2) is 0 Å². The normalized spacial score (nSPS) is 26.3. The first kappa shape index (κ1) is 21.9. The number of amides is 3. The zero-order chi connectivity index (χ0) is 25.5. The number of nitrogens with one attached hydrogen (secondary N) is 3. The monoisotopic (exact) mass is 494 g/mol. The van der Waals surface area contributed by atoms with Crippen LogP contribution in [0.2, 0.25) is 0 Å². The number of benzene rings is 3. The third-order valence-electron chi connectivity index (χ3n) is 8.16. The summed E-state index contributed by atoms with van der Waals surface area (Å²) in [7, 11) is 0. The molecular weight excluding hydrogens is 471 g/mol. The van der Waals surface area contributed by atoms with E-state index in [2.05, 4.69) is 15.6 Å². The van der Waals surface area contributed by atoms with Crippen LogP contribution >= 0.6 is 0 Å². The van der Waals surface area contributed by atoms with E-state index in [1.165, 1.54) is 24.3 Å².